The minimum absolute atomic E-state index is 0.0486. The van der Waals surface area contributed by atoms with Gasteiger partial charge in [-0.1, -0.05) is 12.1 Å². The lowest BCUT2D eigenvalue weighted by Crippen LogP contribution is -2.13. The zero-order valence-corrected chi connectivity index (χ0v) is 9.45. The molecule has 0 atom stereocenters. The summed E-state index contributed by atoms with van der Waals surface area (Å²) in [5.41, 5.74) is 1.60. The van der Waals surface area contributed by atoms with Crippen LogP contribution in [0.4, 0.5) is 0 Å². The van der Waals surface area contributed by atoms with Gasteiger partial charge in [0.2, 0.25) is 0 Å². The summed E-state index contributed by atoms with van der Waals surface area (Å²) in [5.74, 6) is 1.51. The molecule has 0 saturated heterocycles. The summed E-state index contributed by atoms with van der Waals surface area (Å²) in [5, 5.41) is 0. The molecule has 0 amide bonds. The maximum absolute atomic E-state index is 11.2. The van der Waals surface area contributed by atoms with Gasteiger partial charge in [-0.2, -0.15) is 0 Å². The highest BCUT2D eigenvalue weighted by Gasteiger charge is 2.17. The number of fused-ring (bicyclic) bond motifs is 1. The Morgan fingerprint density at radius 1 is 1.50 bits per heavy atom. The van der Waals surface area contributed by atoms with Crippen LogP contribution in [0.1, 0.15) is 19.4 Å². The van der Waals surface area contributed by atoms with Crippen molar-refractivity contribution in [2.45, 2.75) is 13.8 Å². The van der Waals surface area contributed by atoms with E-state index >= 15 is 0 Å². The van der Waals surface area contributed by atoms with E-state index in [0.717, 1.165) is 17.1 Å². The van der Waals surface area contributed by atoms with Crippen molar-refractivity contribution >= 4 is 11.9 Å². The van der Waals surface area contributed by atoms with E-state index in [0.29, 0.717) is 18.8 Å². The highest BCUT2D eigenvalue weighted by Crippen LogP contribution is 2.35. The molecule has 0 unspecified atom stereocenters. The van der Waals surface area contributed by atoms with Gasteiger partial charge in [-0.15, -0.1) is 0 Å². The third-order valence-corrected chi connectivity index (χ3v) is 2.46. The molecule has 16 heavy (non-hydrogen) atoms. The first-order valence-corrected chi connectivity index (χ1v) is 5.32. The van der Waals surface area contributed by atoms with Gasteiger partial charge in [0.05, 0.1) is 6.61 Å². The highest BCUT2D eigenvalue weighted by atomic mass is 16.5. The first kappa shape index (κ1) is 10.7. The Kier molecular flexibility index (Phi) is 2.95. The summed E-state index contributed by atoms with van der Waals surface area (Å²) in [6, 6.07) is 5.68. The van der Waals surface area contributed by atoms with Crippen LogP contribution in [0.25, 0.3) is 6.08 Å². The van der Waals surface area contributed by atoms with Gasteiger partial charge >= 0.3 is 0 Å². The number of hydrogen-bond acceptors (Lipinski definition) is 3. The normalized spacial score (nSPS) is 13.5. The molecule has 84 valence electrons. The zero-order chi connectivity index (χ0) is 11.5. The fourth-order valence-electron chi connectivity index (χ4n) is 1.65. The number of Topliss-reactive ketones (excluding diaryl/α,β-unsaturated/α-hetero) is 1. The maximum Gasteiger partial charge on any atom is 0.168 e. The number of hydrogen-bond donors (Lipinski definition) is 0. The maximum atomic E-state index is 11.2. The number of carbonyl (C=O) groups excluding carboxylic acids is 1. The number of rotatable bonds is 3. The van der Waals surface area contributed by atoms with Crippen LogP contribution >= 0.6 is 0 Å². The van der Waals surface area contributed by atoms with E-state index in [1.807, 2.05) is 31.2 Å². The zero-order valence-electron chi connectivity index (χ0n) is 9.45. The largest absolute Gasteiger partial charge is 0.490 e. The standard InChI is InChI=1S/C13H14O3/c1-3-15-12-6-4-5-10-7-11(9(2)14)8-16-13(10)12/h4-7H,3,8H2,1-2H3. The molecule has 0 aliphatic carbocycles. The fraction of sp³-hybridized carbons (Fsp3) is 0.308. The summed E-state index contributed by atoms with van der Waals surface area (Å²) in [6.45, 7) is 4.40. The van der Waals surface area contributed by atoms with E-state index in [1.54, 1.807) is 6.92 Å². The third-order valence-electron chi connectivity index (χ3n) is 2.46. The van der Waals surface area contributed by atoms with E-state index in [1.165, 1.54) is 0 Å². The van der Waals surface area contributed by atoms with Crippen molar-refractivity contribution in [2.75, 3.05) is 13.2 Å². The van der Waals surface area contributed by atoms with Crippen molar-refractivity contribution in [1.82, 2.24) is 0 Å². The minimum Gasteiger partial charge on any atom is -0.490 e. The van der Waals surface area contributed by atoms with Gasteiger partial charge in [-0.25, -0.2) is 0 Å². The van der Waals surface area contributed by atoms with Crippen molar-refractivity contribution in [1.29, 1.82) is 0 Å². The second kappa shape index (κ2) is 4.39. The molecule has 0 saturated carbocycles. The quantitative estimate of drug-likeness (QED) is 0.781. The Balaban J connectivity index is 2.41. The Morgan fingerprint density at radius 2 is 2.31 bits per heavy atom. The molecule has 0 spiro atoms. The lowest BCUT2D eigenvalue weighted by Gasteiger charge is -2.19. The van der Waals surface area contributed by atoms with Crippen LogP contribution in [0.3, 0.4) is 0 Å². The van der Waals surface area contributed by atoms with Gasteiger partial charge in [0, 0.05) is 11.1 Å². The van der Waals surface area contributed by atoms with E-state index < -0.39 is 0 Å². The second-order valence-electron chi connectivity index (χ2n) is 3.62. The van der Waals surface area contributed by atoms with Crippen molar-refractivity contribution in [3.63, 3.8) is 0 Å². The fourth-order valence-corrected chi connectivity index (χ4v) is 1.65. The molecule has 1 heterocycles. The molecule has 3 nitrogen and oxygen atoms in total. The number of ketones is 1. The van der Waals surface area contributed by atoms with Crippen molar-refractivity contribution in [3.8, 4) is 11.5 Å². The molecule has 0 fully saturated rings. The van der Waals surface area contributed by atoms with Crippen molar-refractivity contribution in [2.24, 2.45) is 0 Å². The molecule has 0 radical (unpaired) electrons. The average molecular weight is 218 g/mol. The van der Waals surface area contributed by atoms with Crippen LogP contribution in [-0.2, 0) is 4.79 Å². The molecule has 0 aromatic heterocycles. The van der Waals surface area contributed by atoms with Gasteiger partial charge < -0.3 is 9.47 Å². The van der Waals surface area contributed by atoms with Crippen LogP contribution in [0.5, 0.6) is 11.5 Å². The van der Waals surface area contributed by atoms with Crippen LogP contribution in [0.2, 0.25) is 0 Å². The molecule has 1 aliphatic rings. The minimum atomic E-state index is 0.0486. The Labute approximate surface area is 94.7 Å². The van der Waals surface area contributed by atoms with E-state index in [-0.39, 0.29) is 5.78 Å². The van der Waals surface area contributed by atoms with Crippen LogP contribution in [0, 0.1) is 0 Å². The lowest BCUT2D eigenvalue weighted by molar-refractivity contribution is -0.113. The summed E-state index contributed by atoms with van der Waals surface area (Å²) in [6.07, 6.45) is 1.86. The second-order valence-corrected chi connectivity index (χ2v) is 3.62. The Bertz CT molecular complexity index is 446. The lowest BCUT2D eigenvalue weighted by atomic mass is 10.0. The van der Waals surface area contributed by atoms with Gasteiger partial charge in [0.1, 0.15) is 6.61 Å². The van der Waals surface area contributed by atoms with Gasteiger partial charge in [0.15, 0.2) is 17.3 Å². The number of carbonyl (C=O) groups is 1. The number of para-hydroxylation sites is 1. The highest BCUT2D eigenvalue weighted by molar-refractivity contribution is 5.99. The number of benzene rings is 1. The van der Waals surface area contributed by atoms with Crippen molar-refractivity contribution < 1.29 is 14.3 Å². The van der Waals surface area contributed by atoms with E-state index in [9.17, 15) is 4.79 Å². The molecular formula is C13H14O3. The van der Waals surface area contributed by atoms with E-state index in [2.05, 4.69) is 0 Å². The SMILES string of the molecule is CCOc1cccc2c1OCC(C(C)=O)=C2. The number of ether oxygens (including phenoxy) is 2. The summed E-state index contributed by atoms with van der Waals surface area (Å²) >= 11 is 0. The van der Waals surface area contributed by atoms with E-state index in [4.69, 9.17) is 9.47 Å². The monoisotopic (exact) mass is 218 g/mol. The first-order chi connectivity index (χ1) is 7.72. The molecule has 1 aromatic carbocycles. The van der Waals surface area contributed by atoms with Crippen LogP contribution in [-0.4, -0.2) is 19.0 Å². The average Bonchev–Trinajstić information content (AvgIpc) is 2.29. The Morgan fingerprint density at radius 3 is 3.00 bits per heavy atom. The predicted octanol–water partition coefficient (Wildman–Crippen LogP) is 2.45. The molecule has 1 aromatic rings. The smallest absolute Gasteiger partial charge is 0.168 e. The summed E-state index contributed by atoms with van der Waals surface area (Å²) < 4.78 is 11.0. The molecule has 1 aliphatic heterocycles. The van der Waals surface area contributed by atoms with Crippen LogP contribution < -0.4 is 9.47 Å². The molecule has 0 bridgehead atoms. The molecule has 3 heteroatoms. The van der Waals surface area contributed by atoms with Crippen molar-refractivity contribution in [3.05, 3.63) is 29.3 Å². The first-order valence-electron chi connectivity index (χ1n) is 5.32. The topological polar surface area (TPSA) is 35.5 Å². The van der Waals surface area contributed by atoms with Gasteiger partial charge in [0.25, 0.3) is 0 Å². The molecular weight excluding hydrogens is 204 g/mol. The predicted molar refractivity (Wildman–Crippen MR) is 61.8 cm³/mol. The summed E-state index contributed by atoms with van der Waals surface area (Å²) in [4.78, 5) is 11.2. The third kappa shape index (κ3) is 1.94. The molecule has 2 rings (SSSR count). The van der Waals surface area contributed by atoms with Crippen LogP contribution in [0.15, 0.2) is 23.8 Å². The van der Waals surface area contributed by atoms with Gasteiger partial charge in [-0.3, -0.25) is 4.79 Å². The Hall–Kier alpha value is -1.77. The molecule has 0 N–H and O–H groups in total. The summed E-state index contributed by atoms with van der Waals surface area (Å²) in [7, 11) is 0. The van der Waals surface area contributed by atoms with Gasteiger partial charge in [-0.05, 0) is 26.0 Å².